The highest BCUT2D eigenvalue weighted by atomic mass is 14.7. The second-order valence-electron chi connectivity index (χ2n) is 9.28. The summed E-state index contributed by atoms with van der Waals surface area (Å²) in [5, 5.41) is 6.55. The van der Waals surface area contributed by atoms with Crippen molar-refractivity contribution in [2.45, 2.75) is 25.7 Å². The molecule has 5 aromatic carbocycles. The monoisotopic (exact) mass is 423 g/mol. The molecule has 1 aliphatic rings. The Labute approximate surface area is 193 Å². The fraction of sp³-hybridized carbons (Fsp3) is 0.125. The number of hydrogen-bond acceptors (Lipinski definition) is 0. The van der Waals surface area contributed by atoms with E-state index in [4.69, 9.17) is 0 Å². The van der Waals surface area contributed by atoms with Crippen LogP contribution < -0.4 is 0 Å². The Bertz CT molecular complexity index is 1610. The third-order valence-corrected chi connectivity index (χ3v) is 7.43. The molecular weight excluding hydrogens is 398 g/mol. The molecule has 1 heteroatoms. The van der Waals surface area contributed by atoms with E-state index in [2.05, 4.69) is 102 Å². The summed E-state index contributed by atoms with van der Waals surface area (Å²) in [5.41, 5.74) is 9.54. The van der Waals surface area contributed by atoms with E-state index in [-0.39, 0.29) is 0 Å². The number of nitrogens with one attached hydrogen (secondary N) is 1. The molecule has 0 bridgehead atoms. The fourth-order valence-electron chi connectivity index (χ4n) is 5.90. The molecule has 1 heterocycles. The number of benzene rings is 5. The number of hydrogen-bond donors (Lipinski definition) is 1. The maximum atomic E-state index is 3.50. The van der Waals surface area contributed by atoms with Gasteiger partial charge in [-0.05, 0) is 81.1 Å². The Kier molecular flexibility index (Phi) is 4.17. The van der Waals surface area contributed by atoms with Crippen molar-refractivity contribution < 1.29 is 0 Å². The van der Waals surface area contributed by atoms with Gasteiger partial charge < -0.3 is 4.98 Å². The predicted octanol–water partition coefficient (Wildman–Crippen LogP) is 8.69. The van der Waals surface area contributed by atoms with Crippen LogP contribution in [0.1, 0.15) is 24.0 Å². The van der Waals surface area contributed by atoms with Crippen LogP contribution in [0.25, 0.3) is 54.7 Å². The molecule has 1 N–H and O–H groups in total. The van der Waals surface area contributed by atoms with Crippen LogP contribution in [-0.2, 0) is 12.8 Å². The first kappa shape index (κ1) is 18.7. The molecular formula is C32H25N. The minimum absolute atomic E-state index is 1.18. The van der Waals surface area contributed by atoms with Crippen molar-refractivity contribution in [2.75, 3.05) is 0 Å². The summed E-state index contributed by atoms with van der Waals surface area (Å²) in [6.45, 7) is 0. The molecule has 33 heavy (non-hydrogen) atoms. The van der Waals surface area contributed by atoms with Crippen LogP contribution in [0.2, 0.25) is 0 Å². The van der Waals surface area contributed by atoms with E-state index in [9.17, 15) is 0 Å². The van der Waals surface area contributed by atoms with Crippen molar-refractivity contribution in [3.05, 3.63) is 108 Å². The molecule has 6 aromatic rings. The molecule has 0 atom stereocenters. The van der Waals surface area contributed by atoms with Crippen molar-refractivity contribution in [3.63, 3.8) is 0 Å². The lowest BCUT2D eigenvalue weighted by molar-refractivity contribution is 0.686. The zero-order valence-corrected chi connectivity index (χ0v) is 18.6. The minimum Gasteiger partial charge on any atom is -0.361 e. The Hall–Kier alpha value is -3.84. The second kappa shape index (κ2) is 7.35. The number of aromatic amines is 1. The number of fused-ring (bicyclic) bond motifs is 4. The van der Waals surface area contributed by atoms with Crippen LogP contribution in [0, 0.1) is 0 Å². The molecule has 0 aliphatic heterocycles. The third-order valence-electron chi connectivity index (χ3n) is 7.43. The molecule has 1 nitrogen and oxygen atoms in total. The standard InChI is InChI=1S/C32H25N/c1-2-10-22-19-23(18-17-21(22)9-1)31-25-12-3-5-14-27(25)32(28-15-6-4-13-26(28)31)29-20-33-30-16-8-7-11-24(29)30/h3-8,11-20,33H,1-2,9-10H2. The van der Waals surface area contributed by atoms with Crippen LogP contribution in [0.3, 0.4) is 0 Å². The van der Waals surface area contributed by atoms with Gasteiger partial charge in [0, 0.05) is 22.7 Å². The Balaban J connectivity index is 1.61. The average Bonchev–Trinajstić information content (AvgIpc) is 3.30. The zero-order valence-electron chi connectivity index (χ0n) is 18.6. The van der Waals surface area contributed by atoms with Gasteiger partial charge in [-0.1, -0.05) is 84.9 Å². The van der Waals surface area contributed by atoms with Crippen LogP contribution in [0.4, 0.5) is 0 Å². The molecule has 0 saturated heterocycles. The molecule has 0 fully saturated rings. The summed E-state index contributed by atoms with van der Waals surface area (Å²) < 4.78 is 0. The SMILES string of the molecule is c1ccc2c(-c3c4ccccc4c(-c4ccc5c(c4)CCCC5)c4ccccc34)c[nH]c2c1. The molecule has 158 valence electrons. The Morgan fingerprint density at radius 2 is 1.09 bits per heavy atom. The van der Waals surface area contributed by atoms with E-state index >= 15 is 0 Å². The van der Waals surface area contributed by atoms with Gasteiger partial charge >= 0.3 is 0 Å². The quantitative estimate of drug-likeness (QED) is 0.268. The summed E-state index contributed by atoms with van der Waals surface area (Å²) in [5.74, 6) is 0. The van der Waals surface area contributed by atoms with Gasteiger partial charge in [-0.3, -0.25) is 0 Å². The van der Waals surface area contributed by atoms with Crippen LogP contribution in [0.5, 0.6) is 0 Å². The maximum absolute atomic E-state index is 3.50. The van der Waals surface area contributed by atoms with Gasteiger partial charge in [0.2, 0.25) is 0 Å². The summed E-state index contributed by atoms with van der Waals surface area (Å²) in [7, 11) is 0. The lowest BCUT2D eigenvalue weighted by Crippen LogP contribution is -2.02. The van der Waals surface area contributed by atoms with Crippen molar-refractivity contribution in [2.24, 2.45) is 0 Å². The maximum Gasteiger partial charge on any atom is 0.0460 e. The topological polar surface area (TPSA) is 15.8 Å². The number of aryl methyl sites for hydroxylation is 2. The predicted molar refractivity (Wildman–Crippen MR) is 141 cm³/mol. The van der Waals surface area contributed by atoms with E-state index in [0.29, 0.717) is 0 Å². The average molecular weight is 424 g/mol. The van der Waals surface area contributed by atoms with Crippen molar-refractivity contribution >= 4 is 32.4 Å². The third kappa shape index (κ3) is 2.85. The smallest absolute Gasteiger partial charge is 0.0460 e. The van der Waals surface area contributed by atoms with Gasteiger partial charge in [-0.2, -0.15) is 0 Å². The molecule has 1 aliphatic carbocycles. The highest BCUT2D eigenvalue weighted by molar-refractivity contribution is 6.23. The molecule has 0 saturated carbocycles. The molecule has 0 amide bonds. The first-order chi connectivity index (χ1) is 16.4. The molecule has 0 unspecified atom stereocenters. The largest absolute Gasteiger partial charge is 0.361 e. The van der Waals surface area contributed by atoms with E-state index in [0.717, 1.165) is 0 Å². The number of rotatable bonds is 2. The number of aromatic nitrogens is 1. The first-order valence-corrected chi connectivity index (χ1v) is 12.0. The summed E-state index contributed by atoms with van der Waals surface area (Å²) >= 11 is 0. The zero-order chi connectivity index (χ0) is 21.8. The molecule has 7 rings (SSSR count). The van der Waals surface area contributed by atoms with Gasteiger partial charge in [0.05, 0.1) is 0 Å². The summed E-state index contributed by atoms with van der Waals surface area (Å²) in [4.78, 5) is 3.50. The Morgan fingerprint density at radius 1 is 0.515 bits per heavy atom. The highest BCUT2D eigenvalue weighted by Crippen LogP contribution is 2.45. The lowest BCUT2D eigenvalue weighted by atomic mass is 9.84. The van der Waals surface area contributed by atoms with Crippen molar-refractivity contribution in [3.8, 4) is 22.3 Å². The van der Waals surface area contributed by atoms with Crippen molar-refractivity contribution in [1.29, 1.82) is 0 Å². The lowest BCUT2D eigenvalue weighted by Gasteiger charge is -2.20. The molecule has 0 radical (unpaired) electrons. The van der Waals surface area contributed by atoms with Gasteiger partial charge in [0.25, 0.3) is 0 Å². The van der Waals surface area contributed by atoms with Gasteiger partial charge in [0.15, 0.2) is 0 Å². The van der Waals surface area contributed by atoms with E-state index in [1.165, 1.54) is 91.5 Å². The minimum atomic E-state index is 1.18. The summed E-state index contributed by atoms with van der Waals surface area (Å²) in [6.07, 6.45) is 7.22. The van der Waals surface area contributed by atoms with E-state index in [1.54, 1.807) is 0 Å². The molecule has 0 spiro atoms. The Morgan fingerprint density at radius 3 is 1.79 bits per heavy atom. The van der Waals surface area contributed by atoms with Crippen molar-refractivity contribution in [1.82, 2.24) is 4.98 Å². The van der Waals surface area contributed by atoms with Crippen LogP contribution >= 0.6 is 0 Å². The number of para-hydroxylation sites is 1. The normalized spacial score (nSPS) is 13.6. The number of H-pyrrole nitrogens is 1. The van der Waals surface area contributed by atoms with E-state index < -0.39 is 0 Å². The highest BCUT2D eigenvalue weighted by Gasteiger charge is 2.19. The fourth-order valence-corrected chi connectivity index (χ4v) is 5.90. The van der Waals surface area contributed by atoms with Gasteiger partial charge in [0.1, 0.15) is 0 Å². The molecule has 1 aromatic heterocycles. The van der Waals surface area contributed by atoms with Crippen LogP contribution in [-0.4, -0.2) is 4.98 Å². The van der Waals surface area contributed by atoms with Gasteiger partial charge in [-0.25, -0.2) is 0 Å². The van der Waals surface area contributed by atoms with Gasteiger partial charge in [-0.15, -0.1) is 0 Å². The van der Waals surface area contributed by atoms with Crippen LogP contribution in [0.15, 0.2) is 97.2 Å². The second-order valence-corrected chi connectivity index (χ2v) is 9.28. The first-order valence-electron chi connectivity index (χ1n) is 12.0. The summed E-state index contributed by atoms with van der Waals surface area (Å²) in [6, 6.07) is 33.7. The van der Waals surface area contributed by atoms with E-state index in [1.807, 2.05) is 0 Å².